The molecule has 2 aromatic rings. The van der Waals surface area contributed by atoms with Gasteiger partial charge >= 0.3 is 12.1 Å². The van der Waals surface area contributed by atoms with Gasteiger partial charge in [0.15, 0.2) is 6.10 Å². The van der Waals surface area contributed by atoms with E-state index in [-0.39, 0.29) is 12.3 Å². The lowest BCUT2D eigenvalue weighted by Gasteiger charge is -2.40. The molecule has 2 N–H and O–H groups in total. The Morgan fingerprint density at radius 1 is 0.975 bits per heavy atom. The van der Waals surface area contributed by atoms with E-state index < -0.39 is 54.7 Å². The van der Waals surface area contributed by atoms with Gasteiger partial charge < -0.3 is 19.9 Å². The van der Waals surface area contributed by atoms with E-state index in [9.17, 15) is 24.3 Å². The number of carbonyl (C=O) groups is 4. The highest BCUT2D eigenvalue weighted by Gasteiger charge is 2.42. The fraction of sp³-hybridized carbons (Fsp3) is 0.400. The molecule has 3 rings (SSSR count). The first-order valence-electron chi connectivity index (χ1n) is 13.2. The van der Waals surface area contributed by atoms with Crippen molar-refractivity contribution in [3.63, 3.8) is 0 Å². The van der Waals surface area contributed by atoms with Gasteiger partial charge in [0.05, 0.1) is 25.0 Å². The molecule has 1 heterocycles. The Labute approximate surface area is 234 Å². The van der Waals surface area contributed by atoms with Crippen LogP contribution in [0.25, 0.3) is 5.70 Å². The highest BCUT2D eigenvalue weighted by molar-refractivity contribution is 5.99. The predicted molar refractivity (Wildman–Crippen MR) is 148 cm³/mol. The summed E-state index contributed by atoms with van der Waals surface area (Å²) in [4.78, 5) is 54.9. The Bertz CT molecular complexity index is 1210. The van der Waals surface area contributed by atoms with Gasteiger partial charge in [0.2, 0.25) is 5.91 Å². The van der Waals surface area contributed by atoms with Gasteiger partial charge in [0.1, 0.15) is 12.6 Å². The number of aliphatic hydroxyl groups is 1. The highest BCUT2D eigenvalue weighted by atomic mass is 16.6. The standard InChI is InChI=1S/C30H37N3O7/c1-19(2)26-28(36)32(24(17-33(26)30(38)39-5)22-14-10-7-11-15-22)18-25(34)31-23(16-21-12-8-6-9-13-21)27(35)29(37)40-20(3)4/h6-15,17,19-20,23,26-27,35H,16,18H2,1-5H3,(H,31,34)/t23-,26?,27?/m0/s1. The van der Waals surface area contributed by atoms with Crippen LogP contribution in [0, 0.1) is 5.92 Å². The van der Waals surface area contributed by atoms with Gasteiger partial charge in [-0.2, -0.15) is 0 Å². The summed E-state index contributed by atoms with van der Waals surface area (Å²) >= 11 is 0. The number of esters is 1. The van der Waals surface area contributed by atoms with Gasteiger partial charge in [0.25, 0.3) is 5.91 Å². The van der Waals surface area contributed by atoms with Crippen molar-refractivity contribution in [3.8, 4) is 0 Å². The molecule has 0 saturated heterocycles. The summed E-state index contributed by atoms with van der Waals surface area (Å²) in [5.41, 5.74) is 1.74. The molecule has 0 saturated carbocycles. The molecule has 0 spiro atoms. The summed E-state index contributed by atoms with van der Waals surface area (Å²) in [5.74, 6) is -2.20. The highest BCUT2D eigenvalue weighted by Crippen LogP contribution is 2.30. The molecular formula is C30H37N3O7. The van der Waals surface area contributed by atoms with Crippen LogP contribution in [0.5, 0.6) is 0 Å². The fourth-order valence-corrected chi connectivity index (χ4v) is 4.53. The molecule has 214 valence electrons. The van der Waals surface area contributed by atoms with Crippen molar-refractivity contribution in [2.45, 2.75) is 58.4 Å². The first-order valence-corrected chi connectivity index (χ1v) is 13.2. The van der Waals surface area contributed by atoms with E-state index in [4.69, 9.17) is 9.47 Å². The van der Waals surface area contributed by atoms with Gasteiger partial charge in [0, 0.05) is 6.20 Å². The molecule has 40 heavy (non-hydrogen) atoms. The first-order chi connectivity index (χ1) is 19.0. The van der Waals surface area contributed by atoms with Crippen molar-refractivity contribution < 1.29 is 33.8 Å². The molecule has 1 aliphatic heterocycles. The Kier molecular flexibility index (Phi) is 10.4. The normalized spacial score (nSPS) is 16.9. The number of rotatable bonds is 10. The molecule has 0 radical (unpaired) electrons. The van der Waals surface area contributed by atoms with Crippen molar-refractivity contribution in [2.75, 3.05) is 13.7 Å². The number of hydrogen-bond donors (Lipinski definition) is 2. The number of nitrogens with zero attached hydrogens (tertiary/aromatic N) is 2. The molecule has 1 aliphatic rings. The minimum atomic E-state index is -1.63. The van der Waals surface area contributed by atoms with Crippen LogP contribution in [0.15, 0.2) is 66.9 Å². The summed E-state index contributed by atoms with van der Waals surface area (Å²) in [7, 11) is 1.24. The van der Waals surface area contributed by atoms with Crippen LogP contribution in [0.1, 0.15) is 38.8 Å². The topological polar surface area (TPSA) is 125 Å². The second kappa shape index (κ2) is 13.7. The number of nitrogens with one attached hydrogen (secondary N) is 1. The summed E-state index contributed by atoms with van der Waals surface area (Å²) in [6.45, 7) is 6.51. The minimum Gasteiger partial charge on any atom is -0.461 e. The Balaban J connectivity index is 1.93. The number of ether oxygens (including phenoxy) is 2. The number of amides is 3. The fourth-order valence-electron chi connectivity index (χ4n) is 4.53. The van der Waals surface area contributed by atoms with E-state index in [1.54, 1.807) is 52.0 Å². The van der Waals surface area contributed by atoms with Gasteiger partial charge in [-0.1, -0.05) is 74.5 Å². The predicted octanol–water partition coefficient (Wildman–Crippen LogP) is 2.96. The summed E-state index contributed by atoms with van der Waals surface area (Å²) in [6, 6.07) is 16.1. The van der Waals surface area contributed by atoms with Crippen molar-refractivity contribution in [1.29, 1.82) is 0 Å². The lowest BCUT2D eigenvalue weighted by Crippen LogP contribution is -2.57. The summed E-state index contributed by atoms with van der Waals surface area (Å²) in [6.07, 6.45) is -1.12. The van der Waals surface area contributed by atoms with Crippen molar-refractivity contribution in [1.82, 2.24) is 15.1 Å². The monoisotopic (exact) mass is 551 g/mol. The Morgan fingerprint density at radius 3 is 2.12 bits per heavy atom. The number of methoxy groups -OCH3 is 1. The molecular weight excluding hydrogens is 514 g/mol. The van der Waals surface area contributed by atoms with Crippen molar-refractivity contribution in [3.05, 3.63) is 78.0 Å². The average Bonchev–Trinajstić information content (AvgIpc) is 2.93. The molecule has 10 nitrogen and oxygen atoms in total. The second-order valence-electron chi connectivity index (χ2n) is 10.2. The van der Waals surface area contributed by atoms with Crippen LogP contribution in [0.4, 0.5) is 4.79 Å². The molecule has 3 amide bonds. The SMILES string of the molecule is COC(=O)N1C=C(c2ccccc2)N(CC(=O)N[C@@H](Cc2ccccc2)C(O)C(=O)OC(C)C)C(=O)C1C(C)C. The largest absolute Gasteiger partial charge is 0.461 e. The van der Waals surface area contributed by atoms with Crippen LogP contribution < -0.4 is 5.32 Å². The maximum atomic E-state index is 13.8. The third-order valence-corrected chi connectivity index (χ3v) is 6.38. The smallest absolute Gasteiger partial charge is 0.414 e. The molecule has 0 aromatic heterocycles. The minimum absolute atomic E-state index is 0.154. The van der Waals surface area contributed by atoms with Gasteiger partial charge in [-0.3, -0.25) is 19.4 Å². The van der Waals surface area contributed by atoms with E-state index >= 15 is 0 Å². The zero-order valence-corrected chi connectivity index (χ0v) is 23.4. The maximum Gasteiger partial charge on any atom is 0.414 e. The molecule has 2 unspecified atom stereocenters. The van der Waals surface area contributed by atoms with Crippen molar-refractivity contribution in [2.24, 2.45) is 5.92 Å². The van der Waals surface area contributed by atoms with E-state index in [1.165, 1.54) is 23.1 Å². The Hall–Kier alpha value is -4.18. The van der Waals surface area contributed by atoms with Crippen LogP contribution in [0.2, 0.25) is 0 Å². The van der Waals surface area contributed by atoms with Crippen LogP contribution in [-0.2, 0) is 30.3 Å². The van der Waals surface area contributed by atoms with Gasteiger partial charge in [-0.25, -0.2) is 9.59 Å². The summed E-state index contributed by atoms with van der Waals surface area (Å²) in [5, 5.41) is 13.6. The van der Waals surface area contributed by atoms with Crippen LogP contribution in [-0.4, -0.2) is 76.7 Å². The quantitative estimate of drug-likeness (QED) is 0.435. The lowest BCUT2D eigenvalue weighted by molar-refractivity contribution is -0.159. The van der Waals surface area contributed by atoms with Gasteiger partial charge in [-0.05, 0) is 37.3 Å². The second-order valence-corrected chi connectivity index (χ2v) is 10.2. The summed E-state index contributed by atoms with van der Waals surface area (Å²) < 4.78 is 10.1. The van der Waals surface area contributed by atoms with Crippen LogP contribution in [0.3, 0.4) is 0 Å². The molecule has 2 aromatic carbocycles. The average molecular weight is 552 g/mol. The molecule has 0 fully saturated rings. The number of hydrogen-bond acceptors (Lipinski definition) is 7. The molecule has 3 atom stereocenters. The zero-order chi connectivity index (χ0) is 29.4. The molecule has 10 heteroatoms. The van der Waals surface area contributed by atoms with E-state index in [2.05, 4.69) is 5.32 Å². The number of carbonyl (C=O) groups excluding carboxylic acids is 4. The number of aliphatic hydroxyl groups excluding tert-OH is 1. The number of benzene rings is 2. The zero-order valence-electron chi connectivity index (χ0n) is 23.4. The Morgan fingerprint density at radius 2 is 1.57 bits per heavy atom. The van der Waals surface area contributed by atoms with E-state index in [1.807, 2.05) is 36.4 Å². The van der Waals surface area contributed by atoms with Crippen LogP contribution >= 0.6 is 0 Å². The first kappa shape index (κ1) is 30.4. The van der Waals surface area contributed by atoms with E-state index in [0.717, 1.165) is 5.56 Å². The van der Waals surface area contributed by atoms with Crippen molar-refractivity contribution >= 4 is 29.6 Å². The third-order valence-electron chi connectivity index (χ3n) is 6.38. The van der Waals surface area contributed by atoms with E-state index in [0.29, 0.717) is 11.3 Å². The van der Waals surface area contributed by atoms with Gasteiger partial charge in [-0.15, -0.1) is 0 Å². The maximum absolute atomic E-state index is 13.8. The molecule has 0 aliphatic carbocycles. The lowest BCUT2D eigenvalue weighted by atomic mass is 9.97. The third kappa shape index (κ3) is 7.47. The molecule has 0 bridgehead atoms.